The third-order valence-electron chi connectivity index (χ3n) is 13.0. The van der Waals surface area contributed by atoms with Gasteiger partial charge in [-0.25, -0.2) is 0 Å². The SMILES string of the molecule is CC(C)CCON=O.CC1(c2cccc(N)c2)C2CN(CCCc3ccccc3)CC21.CC1(c2cccc(O)c2)C2CN(CCCc3ccccc3)CC21. The number of piperidine rings is 2. The highest BCUT2D eigenvalue weighted by atomic mass is 16.7. The van der Waals surface area contributed by atoms with Gasteiger partial charge in [0.15, 0.2) is 5.34 Å². The summed E-state index contributed by atoms with van der Waals surface area (Å²) in [4.78, 5) is 18.8. The van der Waals surface area contributed by atoms with Crippen LogP contribution in [0.3, 0.4) is 0 Å². The first-order valence-corrected chi connectivity index (χ1v) is 20.3. The standard InChI is InChI=1S/C21H26N2.C21H25NO.C5H11NO2/c1-21(17-10-5-11-18(22)13-17)19-14-23(15-20(19)21)12-6-9-16-7-3-2-4-8-16;1-21(17-10-5-11-18(23)13-17)19-14-22(15-20(19)21)12-6-9-16-7-3-2-4-8-16;1-5(2)3-4-8-6-7/h2-5,7-8,10-11,13,19-20H,6,9,12,14-15,22H2,1H3;2-5,7-8,10-11,13,19-20,23H,6,9,12,14-15H2,1H3;5H,3-4H2,1-2H3. The Kier molecular flexibility index (Phi) is 13.1. The maximum absolute atomic E-state index is 9.73. The molecule has 2 saturated carbocycles. The van der Waals surface area contributed by atoms with E-state index in [1.54, 1.807) is 6.07 Å². The highest BCUT2D eigenvalue weighted by molar-refractivity contribution is 5.47. The van der Waals surface area contributed by atoms with Crippen molar-refractivity contribution in [3.05, 3.63) is 136 Å². The molecule has 2 aliphatic heterocycles. The predicted molar refractivity (Wildman–Crippen MR) is 221 cm³/mol. The summed E-state index contributed by atoms with van der Waals surface area (Å²) >= 11 is 0. The van der Waals surface area contributed by atoms with Gasteiger partial charge in [0.2, 0.25) is 0 Å². The van der Waals surface area contributed by atoms with E-state index in [0.717, 1.165) is 35.8 Å². The van der Waals surface area contributed by atoms with Gasteiger partial charge in [-0.15, -0.1) is 4.91 Å². The van der Waals surface area contributed by atoms with E-state index in [9.17, 15) is 10.0 Å². The molecule has 0 radical (unpaired) electrons. The van der Waals surface area contributed by atoms with Crippen molar-refractivity contribution >= 4 is 5.69 Å². The lowest BCUT2D eigenvalue weighted by molar-refractivity contribution is 0.128. The second-order valence-corrected chi connectivity index (χ2v) is 17.0. The van der Waals surface area contributed by atoms with Crippen molar-refractivity contribution in [3.63, 3.8) is 0 Å². The second-order valence-electron chi connectivity index (χ2n) is 17.0. The molecule has 4 aliphatic rings. The first kappa shape index (κ1) is 39.5. The third-order valence-corrected chi connectivity index (χ3v) is 13.0. The summed E-state index contributed by atoms with van der Waals surface area (Å²) in [5, 5.41) is 12.0. The average Bonchev–Trinajstić information content (AvgIpc) is 3.64. The number of rotatable bonds is 14. The summed E-state index contributed by atoms with van der Waals surface area (Å²) in [6.07, 6.45) is 5.77. The molecule has 7 nitrogen and oxygen atoms in total. The minimum absolute atomic E-state index is 0.286. The van der Waals surface area contributed by atoms with Crippen molar-refractivity contribution in [1.82, 2.24) is 9.80 Å². The highest BCUT2D eigenvalue weighted by Gasteiger charge is 2.66. The van der Waals surface area contributed by atoms with Gasteiger partial charge >= 0.3 is 0 Å². The molecular weight excluding hydrogens is 669 g/mol. The van der Waals surface area contributed by atoms with Gasteiger partial charge in [-0.3, -0.25) is 0 Å². The van der Waals surface area contributed by atoms with Crippen LogP contribution >= 0.6 is 0 Å². The van der Waals surface area contributed by atoms with Crippen LogP contribution in [-0.2, 0) is 28.5 Å². The van der Waals surface area contributed by atoms with E-state index in [1.807, 2.05) is 18.2 Å². The molecule has 7 heteroatoms. The van der Waals surface area contributed by atoms with E-state index in [2.05, 4.69) is 133 Å². The molecule has 288 valence electrons. The van der Waals surface area contributed by atoms with Crippen LogP contribution < -0.4 is 5.73 Å². The van der Waals surface area contributed by atoms with Crippen LogP contribution in [0.25, 0.3) is 0 Å². The number of phenols is 1. The van der Waals surface area contributed by atoms with E-state index < -0.39 is 0 Å². The summed E-state index contributed by atoms with van der Waals surface area (Å²) in [5.74, 6) is 4.15. The Morgan fingerprint density at radius 3 is 1.59 bits per heavy atom. The Labute approximate surface area is 323 Å². The average molecular weight is 731 g/mol. The minimum atomic E-state index is 0.286. The Morgan fingerprint density at radius 2 is 1.17 bits per heavy atom. The molecular formula is C47H62N4O3. The van der Waals surface area contributed by atoms with Crippen molar-refractivity contribution in [1.29, 1.82) is 0 Å². The van der Waals surface area contributed by atoms with Crippen LogP contribution in [-0.4, -0.2) is 60.8 Å². The Hall–Kier alpha value is -4.20. The molecule has 8 rings (SSSR count). The number of anilines is 1. The first-order valence-electron chi connectivity index (χ1n) is 20.3. The lowest BCUT2D eigenvalue weighted by Crippen LogP contribution is -2.30. The van der Waals surface area contributed by atoms with E-state index in [4.69, 9.17) is 5.73 Å². The summed E-state index contributed by atoms with van der Waals surface area (Å²) in [5.41, 5.74) is 13.2. The van der Waals surface area contributed by atoms with Crippen LogP contribution in [0, 0.1) is 34.5 Å². The smallest absolute Gasteiger partial charge is 0.155 e. The topological polar surface area (TPSA) is 91.4 Å². The lowest BCUT2D eigenvalue weighted by Gasteiger charge is -2.24. The fraction of sp³-hybridized carbons (Fsp3) is 0.489. The van der Waals surface area contributed by atoms with E-state index in [0.29, 0.717) is 23.7 Å². The zero-order valence-electron chi connectivity index (χ0n) is 32.9. The van der Waals surface area contributed by atoms with Crippen LogP contribution in [0.5, 0.6) is 5.75 Å². The minimum Gasteiger partial charge on any atom is -0.508 e. The molecule has 4 aromatic rings. The predicted octanol–water partition coefficient (Wildman–Crippen LogP) is 9.30. The summed E-state index contributed by atoms with van der Waals surface area (Å²) in [6.45, 7) is 16.7. The molecule has 4 unspecified atom stereocenters. The fourth-order valence-corrected chi connectivity index (χ4v) is 9.49. The zero-order chi connectivity index (χ0) is 38.1. The molecule has 0 aromatic heterocycles. The largest absolute Gasteiger partial charge is 0.508 e. The molecule has 4 aromatic carbocycles. The fourth-order valence-electron chi connectivity index (χ4n) is 9.49. The number of nitrogen functional groups attached to an aromatic ring is 1. The van der Waals surface area contributed by atoms with Crippen molar-refractivity contribution in [2.45, 2.75) is 70.6 Å². The van der Waals surface area contributed by atoms with Crippen molar-refractivity contribution in [2.75, 3.05) is 51.6 Å². The Bertz CT molecular complexity index is 1620. The second kappa shape index (κ2) is 18.0. The molecule has 4 fully saturated rings. The lowest BCUT2D eigenvalue weighted by atomic mass is 9.92. The Morgan fingerprint density at radius 1 is 0.704 bits per heavy atom. The molecule has 0 spiro atoms. The number of likely N-dealkylation sites (tertiary alicyclic amines) is 2. The van der Waals surface area contributed by atoms with Crippen LogP contribution in [0.4, 0.5) is 5.69 Å². The van der Waals surface area contributed by atoms with Gasteiger partial charge in [0.25, 0.3) is 0 Å². The third kappa shape index (κ3) is 9.53. The van der Waals surface area contributed by atoms with E-state index >= 15 is 0 Å². The molecule has 2 saturated heterocycles. The molecule has 0 amide bonds. The quantitative estimate of drug-likeness (QED) is 0.0582. The molecule has 0 bridgehead atoms. The number of nitrogens with two attached hydrogens (primary N) is 1. The molecule has 2 aliphatic carbocycles. The number of fused-ring (bicyclic) bond motifs is 2. The number of aryl methyl sites for hydroxylation is 2. The molecule has 3 N–H and O–H groups in total. The van der Waals surface area contributed by atoms with Crippen LogP contribution in [0.2, 0.25) is 0 Å². The molecule has 54 heavy (non-hydrogen) atoms. The number of phenolic OH excluding ortho intramolecular Hbond substituents is 1. The van der Waals surface area contributed by atoms with Crippen molar-refractivity contribution in [3.8, 4) is 5.75 Å². The van der Waals surface area contributed by atoms with Crippen molar-refractivity contribution < 1.29 is 9.94 Å². The van der Waals surface area contributed by atoms with Gasteiger partial charge in [-0.2, -0.15) is 0 Å². The number of benzene rings is 4. The van der Waals surface area contributed by atoms with Crippen LogP contribution in [0.15, 0.2) is 115 Å². The van der Waals surface area contributed by atoms with Crippen molar-refractivity contribution in [2.24, 2.45) is 34.9 Å². The summed E-state index contributed by atoms with van der Waals surface area (Å²) < 4.78 is 0. The van der Waals surface area contributed by atoms with Gasteiger partial charge in [-0.1, -0.05) is 113 Å². The highest BCUT2D eigenvalue weighted by Crippen LogP contribution is 2.64. The molecule has 2 heterocycles. The van der Waals surface area contributed by atoms with Gasteiger partial charge in [0.1, 0.15) is 12.4 Å². The summed E-state index contributed by atoms with van der Waals surface area (Å²) in [7, 11) is 0. The zero-order valence-corrected chi connectivity index (χ0v) is 32.9. The number of aromatic hydroxyl groups is 1. The van der Waals surface area contributed by atoms with Gasteiger partial charge < -0.3 is 25.5 Å². The normalized spacial score (nSPS) is 26.5. The molecule has 4 atom stereocenters. The monoisotopic (exact) mass is 730 g/mol. The number of nitrogens with zero attached hydrogens (tertiary/aromatic N) is 3. The van der Waals surface area contributed by atoms with Gasteiger partial charge in [0, 0.05) is 42.7 Å². The van der Waals surface area contributed by atoms with Gasteiger partial charge in [0.05, 0.1) is 0 Å². The first-order chi connectivity index (χ1) is 26.1. The van der Waals surface area contributed by atoms with Crippen LogP contribution in [0.1, 0.15) is 69.2 Å². The number of hydrogen-bond acceptors (Lipinski definition) is 7. The maximum Gasteiger partial charge on any atom is 0.155 e. The maximum atomic E-state index is 9.73. The summed E-state index contributed by atoms with van der Waals surface area (Å²) in [6, 6.07) is 38.0. The Balaban J connectivity index is 0.000000154. The van der Waals surface area contributed by atoms with Gasteiger partial charge in [-0.05, 0) is 121 Å². The van der Waals surface area contributed by atoms with E-state index in [1.165, 1.54) is 87.2 Å². The number of hydrogen-bond donors (Lipinski definition) is 2. The van der Waals surface area contributed by atoms with E-state index in [-0.39, 0.29) is 5.41 Å².